The van der Waals surface area contributed by atoms with Crippen LogP contribution in [0.5, 0.6) is 17.2 Å². The van der Waals surface area contributed by atoms with Gasteiger partial charge >= 0.3 is 0 Å². The minimum Gasteiger partial charge on any atom is -0.493 e. The van der Waals surface area contributed by atoms with Crippen molar-refractivity contribution in [3.63, 3.8) is 0 Å². The van der Waals surface area contributed by atoms with Crippen LogP contribution in [0.2, 0.25) is 0 Å². The topological polar surface area (TPSA) is 164 Å². The van der Waals surface area contributed by atoms with E-state index < -0.39 is 17.7 Å². The quantitative estimate of drug-likeness (QED) is 0.252. The van der Waals surface area contributed by atoms with Gasteiger partial charge < -0.3 is 19.5 Å². The number of carbonyl (C=O) groups is 3. The van der Waals surface area contributed by atoms with Crippen LogP contribution in [0.4, 0.5) is 5.69 Å². The van der Waals surface area contributed by atoms with E-state index in [0.29, 0.717) is 11.4 Å². The molecule has 0 saturated carbocycles. The zero-order chi connectivity index (χ0) is 22.8. The van der Waals surface area contributed by atoms with Crippen LogP contribution in [0.3, 0.4) is 0 Å². The summed E-state index contributed by atoms with van der Waals surface area (Å²) in [6.07, 6.45) is 0. The lowest BCUT2D eigenvalue weighted by atomic mass is 10.1. The second-order valence-electron chi connectivity index (χ2n) is 5.84. The second-order valence-corrected chi connectivity index (χ2v) is 5.84. The number of azide groups is 1. The van der Waals surface area contributed by atoms with Crippen LogP contribution in [0, 0.1) is 0 Å². The van der Waals surface area contributed by atoms with E-state index in [2.05, 4.69) is 26.2 Å². The lowest BCUT2D eigenvalue weighted by Crippen LogP contribution is -2.41. The van der Waals surface area contributed by atoms with Gasteiger partial charge in [0.25, 0.3) is 11.8 Å². The third kappa shape index (κ3) is 6.02. The molecule has 2 aromatic carbocycles. The Bertz CT molecular complexity index is 992. The van der Waals surface area contributed by atoms with Crippen LogP contribution in [-0.4, -0.2) is 45.6 Å². The van der Waals surface area contributed by atoms with E-state index >= 15 is 0 Å². The molecule has 0 aliphatic carbocycles. The fourth-order valence-electron chi connectivity index (χ4n) is 2.47. The lowest BCUT2D eigenvalue weighted by Gasteiger charge is -2.14. The molecule has 162 valence electrons. The summed E-state index contributed by atoms with van der Waals surface area (Å²) in [5.41, 5.74) is 13.6. The number of benzene rings is 2. The van der Waals surface area contributed by atoms with Crippen molar-refractivity contribution in [3.8, 4) is 17.2 Å². The average Bonchev–Trinajstić information content (AvgIpc) is 2.80. The predicted molar refractivity (Wildman–Crippen MR) is 110 cm³/mol. The first kappa shape index (κ1) is 22.8. The summed E-state index contributed by atoms with van der Waals surface area (Å²) < 4.78 is 15.6. The van der Waals surface area contributed by atoms with E-state index in [9.17, 15) is 14.4 Å². The Balaban J connectivity index is 2.01. The summed E-state index contributed by atoms with van der Waals surface area (Å²) in [5, 5.41) is 5.66. The number of anilines is 1. The molecule has 3 N–H and O–H groups in total. The Morgan fingerprint density at radius 1 is 0.903 bits per heavy atom. The summed E-state index contributed by atoms with van der Waals surface area (Å²) in [6, 6.07) is 8.76. The van der Waals surface area contributed by atoms with Crippen molar-refractivity contribution in [2.75, 3.05) is 33.2 Å². The Hall–Kier alpha value is -4.44. The number of nitrogens with one attached hydrogen (secondary N) is 3. The molecule has 12 nitrogen and oxygen atoms in total. The standard InChI is InChI=1S/C19H20N6O6/c1-29-14-8-12(9-15(30-2)17(14)31-3)19(28)24-23-18(27)11-4-6-13(7-5-11)22-16(26)10-21-25-20/h4-9H,10H2,1-3H3,(H,22,26)(H,23,27)(H,24,28). The van der Waals surface area contributed by atoms with E-state index in [4.69, 9.17) is 19.7 Å². The zero-order valence-electron chi connectivity index (χ0n) is 17.0. The molecule has 0 spiro atoms. The van der Waals surface area contributed by atoms with Gasteiger partial charge in [-0.15, -0.1) is 0 Å². The van der Waals surface area contributed by atoms with Gasteiger partial charge in [0.15, 0.2) is 11.5 Å². The van der Waals surface area contributed by atoms with Crippen molar-refractivity contribution in [3.05, 3.63) is 58.0 Å². The molecule has 0 aromatic heterocycles. The minimum absolute atomic E-state index is 0.174. The highest BCUT2D eigenvalue weighted by Crippen LogP contribution is 2.38. The maximum atomic E-state index is 12.4. The highest BCUT2D eigenvalue weighted by atomic mass is 16.5. The number of rotatable bonds is 8. The first-order valence-corrected chi connectivity index (χ1v) is 8.75. The molecule has 31 heavy (non-hydrogen) atoms. The van der Waals surface area contributed by atoms with Crippen molar-refractivity contribution in [2.45, 2.75) is 0 Å². The van der Waals surface area contributed by atoms with Gasteiger partial charge in [0.05, 0.1) is 21.3 Å². The van der Waals surface area contributed by atoms with E-state index in [-0.39, 0.29) is 29.2 Å². The van der Waals surface area contributed by atoms with Crippen LogP contribution in [0.15, 0.2) is 41.5 Å². The van der Waals surface area contributed by atoms with Gasteiger partial charge in [-0.2, -0.15) is 0 Å². The van der Waals surface area contributed by atoms with Crippen molar-refractivity contribution in [1.82, 2.24) is 10.9 Å². The molecule has 0 atom stereocenters. The van der Waals surface area contributed by atoms with Gasteiger partial charge in [0.1, 0.15) is 6.54 Å². The molecule has 12 heteroatoms. The molecule has 0 radical (unpaired) electrons. The van der Waals surface area contributed by atoms with E-state index in [1.807, 2.05) is 0 Å². The highest BCUT2D eigenvalue weighted by molar-refractivity contribution is 6.00. The fourth-order valence-corrected chi connectivity index (χ4v) is 2.47. The second kappa shape index (κ2) is 10.9. The van der Waals surface area contributed by atoms with E-state index in [1.54, 1.807) is 0 Å². The number of hydrogen-bond acceptors (Lipinski definition) is 7. The normalized spacial score (nSPS) is 9.65. The third-order valence-electron chi connectivity index (χ3n) is 3.92. The molecule has 3 amide bonds. The summed E-state index contributed by atoms with van der Waals surface area (Å²) in [7, 11) is 4.28. The monoisotopic (exact) mass is 428 g/mol. The van der Waals surface area contributed by atoms with Gasteiger partial charge in [-0.1, -0.05) is 5.11 Å². The maximum absolute atomic E-state index is 12.4. The van der Waals surface area contributed by atoms with E-state index in [1.165, 1.54) is 57.7 Å². The molecule has 0 aliphatic heterocycles. The molecule has 0 bridgehead atoms. The van der Waals surface area contributed by atoms with Gasteiger partial charge in [0, 0.05) is 21.7 Å². The Kier molecular flexibility index (Phi) is 8.05. The molecular weight excluding hydrogens is 408 g/mol. The van der Waals surface area contributed by atoms with Gasteiger partial charge in [0.2, 0.25) is 11.7 Å². The number of hydrogen-bond donors (Lipinski definition) is 3. The smallest absolute Gasteiger partial charge is 0.269 e. The number of methoxy groups -OCH3 is 3. The fraction of sp³-hybridized carbons (Fsp3) is 0.211. The van der Waals surface area contributed by atoms with Crippen LogP contribution >= 0.6 is 0 Å². The molecule has 2 rings (SSSR count). The van der Waals surface area contributed by atoms with Crippen LogP contribution in [0.25, 0.3) is 10.4 Å². The molecule has 0 aliphatic rings. The number of nitrogens with zero attached hydrogens (tertiary/aromatic N) is 3. The van der Waals surface area contributed by atoms with Crippen molar-refractivity contribution in [1.29, 1.82) is 0 Å². The SMILES string of the molecule is COc1cc(C(=O)NNC(=O)c2ccc(NC(=O)CN=[N+]=[N-])cc2)cc(OC)c1OC. The molecule has 0 heterocycles. The predicted octanol–water partition coefficient (Wildman–Crippen LogP) is 2.04. The Labute approximate surface area is 177 Å². The largest absolute Gasteiger partial charge is 0.493 e. The van der Waals surface area contributed by atoms with Crippen molar-refractivity contribution >= 4 is 23.4 Å². The molecule has 0 saturated heterocycles. The first-order chi connectivity index (χ1) is 14.9. The lowest BCUT2D eigenvalue weighted by molar-refractivity contribution is -0.114. The van der Waals surface area contributed by atoms with Crippen molar-refractivity contribution < 1.29 is 28.6 Å². The molecular formula is C19H20N6O6. The third-order valence-corrected chi connectivity index (χ3v) is 3.92. The van der Waals surface area contributed by atoms with Gasteiger partial charge in [-0.25, -0.2) is 0 Å². The highest BCUT2D eigenvalue weighted by Gasteiger charge is 2.17. The molecule has 0 fully saturated rings. The van der Waals surface area contributed by atoms with E-state index in [0.717, 1.165) is 0 Å². The summed E-state index contributed by atoms with van der Waals surface area (Å²) >= 11 is 0. The molecule has 0 unspecified atom stereocenters. The zero-order valence-corrected chi connectivity index (χ0v) is 17.0. The van der Waals surface area contributed by atoms with Gasteiger partial charge in [-0.3, -0.25) is 25.2 Å². The van der Waals surface area contributed by atoms with Crippen LogP contribution < -0.4 is 30.4 Å². The summed E-state index contributed by atoms with van der Waals surface area (Å²) in [4.78, 5) is 38.7. The van der Waals surface area contributed by atoms with Crippen LogP contribution in [0.1, 0.15) is 20.7 Å². The summed E-state index contributed by atoms with van der Waals surface area (Å²) in [6.45, 7) is -0.342. The van der Waals surface area contributed by atoms with Crippen molar-refractivity contribution in [2.24, 2.45) is 5.11 Å². The Morgan fingerprint density at radius 3 is 1.94 bits per heavy atom. The average molecular weight is 428 g/mol. The van der Waals surface area contributed by atoms with Gasteiger partial charge in [-0.05, 0) is 41.9 Å². The minimum atomic E-state index is -0.602. The first-order valence-electron chi connectivity index (χ1n) is 8.75. The maximum Gasteiger partial charge on any atom is 0.269 e. The number of amides is 3. The van der Waals surface area contributed by atoms with Crippen LogP contribution in [-0.2, 0) is 4.79 Å². The number of ether oxygens (including phenoxy) is 3. The molecule has 2 aromatic rings. The number of hydrazine groups is 1. The summed E-state index contributed by atoms with van der Waals surface area (Å²) in [5.74, 6) is -0.764. The Morgan fingerprint density at radius 2 is 1.45 bits per heavy atom. The number of carbonyl (C=O) groups excluding carboxylic acids is 3.